The highest BCUT2D eigenvalue weighted by atomic mass is 32.2. The number of benzene rings is 1. The molecule has 1 aromatic carbocycles. The van der Waals surface area contributed by atoms with Gasteiger partial charge in [-0.2, -0.15) is 0 Å². The van der Waals surface area contributed by atoms with Gasteiger partial charge in [-0.25, -0.2) is 4.98 Å². The first-order valence-electron chi connectivity index (χ1n) is 6.70. The van der Waals surface area contributed by atoms with Crippen molar-refractivity contribution in [3.8, 4) is 0 Å². The zero-order valence-corrected chi connectivity index (χ0v) is 12.8. The van der Waals surface area contributed by atoms with Gasteiger partial charge in [0.2, 0.25) is 5.91 Å². The van der Waals surface area contributed by atoms with Gasteiger partial charge in [-0.05, 0) is 31.9 Å². The summed E-state index contributed by atoms with van der Waals surface area (Å²) in [6, 6.07) is 9.97. The minimum absolute atomic E-state index is 0.00977. The van der Waals surface area contributed by atoms with E-state index < -0.39 is 0 Å². The van der Waals surface area contributed by atoms with Crippen molar-refractivity contribution in [2.24, 2.45) is 0 Å². The largest absolute Gasteiger partial charge is 0.301 e. The summed E-state index contributed by atoms with van der Waals surface area (Å²) in [5, 5.41) is 5.56. The van der Waals surface area contributed by atoms with E-state index in [4.69, 9.17) is 0 Å². The normalized spacial score (nSPS) is 15.8. The van der Waals surface area contributed by atoms with Gasteiger partial charge in [-0.15, -0.1) is 23.1 Å². The van der Waals surface area contributed by atoms with Crippen molar-refractivity contribution in [2.45, 2.75) is 35.8 Å². The topological polar surface area (TPSA) is 42.0 Å². The van der Waals surface area contributed by atoms with Crippen LogP contribution in [-0.4, -0.2) is 16.1 Å². The van der Waals surface area contributed by atoms with Crippen LogP contribution in [0.1, 0.15) is 31.4 Å². The van der Waals surface area contributed by atoms with Crippen LogP contribution in [0.4, 0.5) is 5.13 Å². The van der Waals surface area contributed by atoms with Crippen molar-refractivity contribution < 1.29 is 4.79 Å². The Bertz CT molecular complexity index is 593. The predicted octanol–water partition coefficient (Wildman–Crippen LogP) is 4.14. The van der Waals surface area contributed by atoms with Gasteiger partial charge in [-0.3, -0.25) is 4.79 Å². The lowest BCUT2D eigenvalue weighted by atomic mass is 10.3. The molecular formula is C15H16N2OS2. The molecule has 0 saturated heterocycles. The molecule has 3 rings (SSSR count). The van der Waals surface area contributed by atoms with Gasteiger partial charge in [0.25, 0.3) is 0 Å². The molecule has 104 valence electrons. The molecule has 1 atom stereocenters. The van der Waals surface area contributed by atoms with Crippen LogP contribution in [0.15, 0.2) is 40.6 Å². The molecule has 20 heavy (non-hydrogen) atoms. The SMILES string of the molecule is CC(Sc1ccccc1)C(=O)Nc1nc(C2CC2)cs1. The predicted molar refractivity (Wildman–Crippen MR) is 84.5 cm³/mol. The molecule has 0 aliphatic heterocycles. The first kappa shape index (κ1) is 13.6. The quantitative estimate of drug-likeness (QED) is 0.844. The van der Waals surface area contributed by atoms with Crippen molar-refractivity contribution in [1.82, 2.24) is 4.98 Å². The number of nitrogens with zero attached hydrogens (tertiary/aromatic N) is 1. The maximum atomic E-state index is 12.1. The molecule has 1 aromatic heterocycles. The molecule has 1 saturated carbocycles. The number of thioether (sulfide) groups is 1. The molecule has 2 aromatic rings. The lowest BCUT2D eigenvalue weighted by molar-refractivity contribution is -0.115. The zero-order valence-electron chi connectivity index (χ0n) is 11.2. The molecule has 0 spiro atoms. The van der Waals surface area contributed by atoms with Gasteiger partial charge in [-0.1, -0.05) is 18.2 Å². The third-order valence-corrected chi connectivity index (χ3v) is 5.06. The second-order valence-corrected chi connectivity index (χ2v) is 7.19. The smallest absolute Gasteiger partial charge is 0.239 e. The van der Waals surface area contributed by atoms with Crippen LogP contribution in [0.25, 0.3) is 0 Å². The number of nitrogens with one attached hydrogen (secondary N) is 1. The van der Waals surface area contributed by atoms with E-state index in [1.165, 1.54) is 24.2 Å². The monoisotopic (exact) mass is 304 g/mol. The van der Waals surface area contributed by atoms with E-state index in [1.807, 2.05) is 37.3 Å². The van der Waals surface area contributed by atoms with Crippen molar-refractivity contribution in [2.75, 3.05) is 5.32 Å². The number of aromatic nitrogens is 1. The summed E-state index contributed by atoms with van der Waals surface area (Å²) >= 11 is 3.08. The summed E-state index contributed by atoms with van der Waals surface area (Å²) in [7, 11) is 0. The molecule has 1 aliphatic carbocycles. The van der Waals surface area contributed by atoms with Crippen LogP contribution < -0.4 is 5.32 Å². The lowest BCUT2D eigenvalue weighted by Gasteiger charge is -2.10. The fourth-order valence-corrected chi connectivity index (χ4v) is 3.56. The fraction of sp³-hybridized carbons (Fsp3) is 0.333. The number of carbonyl (C=O) groups excluding carboxylic acids is 1. The molecule has 0 bridgehead atoms. The van der Waals surface area contributed by atoms with Gasteiger partial charge < -0.3 is 5.32 Å². The summed E-state index contributed by atoms with van der Waals surface area (Å²) in [4.78, 5) is 17.7. The highest BCUT2D eigenvalue weighted by Crippen LogP contribution is 2.40. The number of hydrogen-bond acceptors (Lipinski definition) is 4. The van der Waals surface area contributed by atoms with Crippen molar-refractivity contribution in [3.05, 3.63) is 41.4 Å². The summed E-state index contributed by atoms with van der Waals surface area (Å²) in [6.45, 7) is 1.92. The number of thiazole rings is 1. The molecule has 1 aliphatic rings. The molecule has 1 amide bonds. The van der Waals surface area contributed by atoms with Gasteiger partial charge in [0.05, 0.1) is 10.9 Å². The highest BCUT2D eigenvalue weighted by Gasteiger charge is 2.26. The Hall–Kier alpha value is -1.33. The van der Waals surface area contributed by atoms with Crippen LogP contribution in [0.5, 0.6) is 0 Å². The molecule has 1 unspecified atom stereocenters. The number of rotatable bonds is 5. The number of hydrogen-bond donors (Lipinski definition) is 1. The maximum Gasteiger partial charge on any atom is 0.239 e. The van der Waals surface area contributed by atoms with Crippen LogP contribution in [0.3, 0.4) is 0 Å². The van der Waals surface area contributed by atoms with E-state index in [-0.39, 0.29) is 11.2 Å². The van der Waals surface area contributed by atoms with Crippen molar-refractivity contribution >= 4 is 34.1 Å². The summed E-state index contributed by atoms with van der Waals surface area (Å²) in [6.07, 6.45) is 2.47. The van der Waals surface area contributed by atoms with E-state index in [2.05, 4.69) is 15.7 Å². The third-order valence-electron chi connectivity index (χ3n) is 3.17. The Morgan fingerprint density at radius 3 is 2.85 bits per heavy atom. The van der Waals surface area contributed by atoms with E-state index in [0.717, 1.165) is 15.7 Å². The standard InChI is InChI=1S/C15H16N2OS2/c1-10(20-12-5-3-2-4-6-12)14(18)17-15-16-13(9-19-15)11-7-8-11/h2-6,9-11H,7-8H2,1H3,(H,16,17,18). The lowest BCUT2D eigenvalue weighted by Crippen LogP contribution is -2.22. The molecular weight excluding hydrogens is 288 g/mol. The maximum absolute atomic E-state index is 12.1. The average Bonchev–Trinajstić information content (AvgIpc) is 3.20. The van der Waals surface area contributed by atoms with Gasteiger partial charge in [0.1, 0.15) is 0 Å². The zero-order chi connectivity index (χ0) is 13.9. The minimum Gasteiger partial charge on any atom is -0.301 e. The van der Waals surface area contributed by atoms with Crippen molar-refractivity contribution in [3.63, 3.8) is 0 Å². The van der Waals surface area contributed by atoms with E-state index in [9.17, 15) is 4.79 Å². The molecule has 1 heterocycles. The molecule has 1 N–H and O–H groups in total. The highest BCUT2D eigenvalue weighted by molar-refractivity contribution is 8.00. The minimum atomic E-state index is -0.134. The number of amides is 1. The van der Waals surface area contributed by atoms with Gasteiger partial charge in [0.15, 0.2) is 5.13 Å². The second kappa shape index (κ2) is 5.97. The van der Waals surface area contributed by atoms with Crippen molar-refractivity contribution in [1.29, 1.82) is 0 Å². The summed E-state index contributed by atoms with van der Waals surface area (Å²) in [5.74, 6) is 0.642. The summed E-state index contributed by atoms with van der Waals surface area (Å²) < 4.78 is 0. The van der Waals surface area contributed by atoms with Crippen LogP contribution in [-0.2, 0) is 4.79 Å². The Balaban J connectivity index is 1.57. The number of anilines is 1. The van der Waals surface area contributed by atoms with E-state index in [1.54, 1.807) is 11.8 Å². The van der Waals surface area contributed by atoms with Crippen LogP contribution >= 0.6 is 23.1 Å². The number of carbonyl (C=O) groups is 1. The summed E-state index contributed by atoms with van der Waals surface area (Å²) in [5.41, 5.74) is 1.13. The Morgan fingerprint density at radius 1 is 1.40 bits per heavy atom. The van der Waals surface area contributed by atoms with Crippen LogP contribution in [0, 0.1) is 0 Å². The van der Waals surface area contributed by atoms with Gasteiger partial charge in [0, 0.05) is 16.2 Å². The first-order valence-corrected chi connectivity index (χ1v) is 8.46. The molecule has 5 heteroatoms. The first-order chi connectivity index (χ1) is 9.72. The Labute approximate surface area is 126 Å². The van der Waals surface area contributed by atoms with Gasteiger partial charge >= 0.3 is 0 Å². The van der Waals surface area contributed by atoms with E-state index in [0.29, 0.717) is 5.92 Å². The molecule has 0 radical (unpaired) electrons. The van der Waals surface area contributed by atoms with E-state index >= 15 is 0 Å². The second-order valence-electron chi connectivity index (χ2n) is 4.91. The molecule has 1 fully saturated rings. The molecule has 3 nitrogen and oxygen atoms in total. The Morgan fingerprint density at radius 2 is 2.15 bits per heavy atom. The fourth-order valence-electron chi connectivity index (χ4n) is 1.87. The third kappa shape index (κ3) is 3.41. The Kier molecular flexibility index (Phi) is 4.08. The van der Waals surface area contributed by atoms with Crippen LogP contribution in [0.2, 0.25) is 0 Å². The average molecular weight is 304 g/mol.